The maximum atomic E-state index is 12.7. The van der Waals surface area contributed by atoms with Gasteiger partial charge in [0.05, 0.1) is 19.1 Å². The third-order valence-corrected chi connectivity index (χ3v) is 5.43. The van der Waals surface area contributed by atoms with Crippen LogP contribution in [-0.4, -0.2) is 29.4 Å². The quantitative estimate of drug-likeness (QED) is 0.847. The van der Waals surface area contributed by atoms with E-state index in [-0.39, 0.29) is 11.7 Å². The standard InChI is InChI=1S/C17H19NO6S/c1-11(12-4-6-15-17(8-12)24-10-23-15)18-25(19,20)13-5-7-14(21-2)16(9-13)22-3/h4-9,11,18H,10H2,1-3H3/t11-/m0/s1. The van der Waals surface area contributed by atoms with Gasteiger partial charge in [-0.05, 0) is 36.8 Å². The minimum Gasteiger partial charge on any atom is -0.493 e. The molecule has 8 heteroatoms. The van der Waals surface area contributed by atoms with E-state index in [9.17, 15) is 8.42 Å². The van der Waals surface area contributed by atoms with Gasteiger partial charge in [0.1, 0.15) is 0 Å². The van der Waals surface area contributed by atoms with Crippen LogP contribution in [0.15, 0.2) is 41.3 Å². The molecule has 0 saturated heterocycles. The summed E-state index contributed by atoms with van der Waals surface area (Å²) in [5.41, 5.74) is 0.772. The van der Waals surface area contributed by atoms with Crippen molar-refractivity contribution in [2.45, 2.75) is 17.9 Å². The van der Waals surface area contributed by atoms with Gasteiger partial charge in [-0.15, -0.1) is 0 Å². The van der Waals surface area contributed by atoms with Crippen molar-refractivity contribution in [3.63, 3.8) is 0 Å². The molecule has 25 heavy (non-hydrogen) atoms. The molecule has 1 N–H and O–H groups in total. The molecule has 134 valence electrons. The van der Waals surface area contributed by atoms with Crippen molar-refractivity contribution in [1.82, 2.24) is 4.72 Å². The molecular formula is C17H19NO6S. The Morgan fingerprint density at radius 1 is 1.00 bits per heavy atom. The van der Waals surface area contributed by atoms with Crippen molar-refractivity contribution in [2.24, 2.45) is 0 Å². The summed E-state index contributed by atoms with van der Waals surface area (Å²) >= 11 is 0. The van der Waals surface area contributed by atoms with Crippen molar-refractivity contribution in [3.05, 3.63) is 42.0 Å². The van der Waals surface area contributed by atoms with Gasteiger partial charge < -0.3 is 18.9 Å². The van der Waals surface area contributed by atoms with Gasteiger partial charge in [0.15, 0.2) is 23.0 Å². The zero-order valence-corrected chi connectivity index (χ0v) is 14.9. The summed E-state index contributed by atoms with van der Waals surface area (Å²) in [6.07, 6.45) is 0. The number of fused-ring (bicyclic) bond motifs is 1. The van der Waals surface area contributed by atoms with Crippen LogP contribution in [0.2, 0.25) is 0 Å². The van der Waals surface area contributed by atoms with Crippen LogP contribution in [-0.2, 0) is 10.0 Å². The molecule has 0 spiro atoms. The molecule has 1 aliphatic heterocycles. The van der Waals surface area contributed by atoms with E-state index in [1.54, 1.807) is 31.2 Å². The molecule has 1 heterocycles. The van der Waals surface area contributed by atoms with Crippen LogP contribution >= 0.6 is 0 Å². The number of sulfonamides is 1. The molecule has 0 fully saturated rings. The maximum absolute atomic E-state index is 12.7. The van der Waals surface area contributed by atoms with Crippen LogP contribution in [0.5, 0.6) is 23.0 Å². The van der Waals surface area contributed by atoms with Crippen molar-refractivity contribution in [3.8, 4) is 23.0 Å². The minimum absolute atomic E-state index is 0.0951. The zero-order valence-electron chi connectivity index (χ0n) is 14.1. The average Bonchev–Trinajstić information content (AvgIpc) is 3.08. The van der Waals surface area contributed by atoms with E-state index < -0.39 is 16.1 Å². The summed E-state index contributed by atoms with van der Waals surface area (Å²) in [6, 6.07) is 9.33. The molecule has 1 atom stereocenters. The van der Waals surface area contributed by atoms with Crippen molar-refractivity contribution in [2.75, 3.05) is 21.0 Å². The van der Waals surface area contributed by atoms with Gasteiger partial charge in [-0.1, -0.05) is 6.07 Å². The van der Waals surface area contributed by atoms with E-state index in [4.69, 9.17) is 18.9 Å². The molecule has 7 nitrogen and oxygen atoms in total. The Morgan fingerprint density at radius 3 is 2.44 bits per heavy atom. The van der Waals surface area contributed by atoms with Crippen molar-refractivity contribution < 1.29 is 27.4 Å². The summed E-state index contributed by atoms with van der Waals surface area (Å²) in [7, 11) is -0.790. The summed E-state index contributed by atoms with van der Waals surface area (Å²) in [5, 5.41) is 0. The number of rotatable bonds is 6. The second kappa shape index (κ2) is 6.81. The summed E-state index contributed by atoms with van der Waals surface area (Å²) < 4.78 is 48.8. The fourth-order valence-electron chi connectivity index (χ4n) is 2.53. The smallest absolute Gasteiger partial charge is 0.241 e. The summed E-state index contributed by atoms with van der Waals surface area (Å²) in [6.45, 7) is 1.93. The molecular weight excluding hydrogens is 346 g/mol. The van der Waals surface area contributed by atoms with E-state index in [0.717, 1.165) is 5.56 Å². The first-order valence-corrected chi connectivity index (χ1v) is 9.07. The zero-order chi connectivity index (χ0) is 18.0. The number of methoxy groups -OCH3 is 2. The minimum atomic E-state index is -3.74. The molecule has 0 unspecified atom stereocenters. The lowest BCUT2D eigenvalue weighted by atomic mass is 10.1. The molecule has 1 aliphatic rings. The van der Waals surface area contributed by atoms with Gasteiger partial charge >= 0.3 is 0 Å². The van der Waals surface area contributed by atoms with E-state index in [2.05, 4.69) is 4.72 Å². The van der Waals surface area contributed by atoms with Gasteiger partial charge in [-0.3, -0.25) is 0 Å². The molecule has 0 bridgehead atoms. The SMILES string of the molecule is COc1ccc(S(=O)(=O)N[C@@H](C)c2ccc3c(c2)OCO3)cc1OC. The fourth-order valence-corrected chi connectivity index (χ4v) is 3.78. The molecule has 0 aliphatic carbocycles. The monoisotopic (exact) mass is 365 g/mol. The van der Waals surface area contributed by atoms with Gasteiger partial charge in [0.25, 0.3) is 0 Å². The molecule has 0 radical (unpaired) electrons. The summed E-state index contributed by atoms with van der Waals surface area (Å²) in [4.78, 5) is 0.0951. The Kier molecular flexibility index (Phi) is 4.73. The van der Waals surface area contributed by atoms with Crippen LogP contribution in [0.4, 0.5) is 0 Å². The van der Waals surface area contributed by atoms with E-state index in [1.165, 1.54) is 26.4 Å². The molecule has 2 aromatic rings. The van der Waals surface area contributed by atoms with Crippen LogP contribution in [0.1, 0.15) is 18.5 Å². The highest BCUT2D eigenvalue weighted by molar-refractivity contribution is 7.89. The maximum Gasteiger partial charge on any atom is 0.241 e. The molecule has 2 aromatic carbocycles. The lowest BCUT2D eigenvalue weighted by Crippen LogP contribution is -2.26. The Bertz CT molecular complexity index is 881. The van der Waals surface area contributed by atoms with Gasteiger partial charge in [-0.2, -0.15) is 0 Å². The first kappa shape index (κ1) is 17.4. The Hall–Kier alpha value is -2.45. The van der Waals surface area contributed by atoms with Crippen molar-refractivity contribution in [1.29, 1.82) is 0 Å². The second-order valence-corrected chi connectivity index (χ2v) is 7.19. The number of ether oxygens (including phenoxy) is 4. The lowest BCUT2D eigenvalue weighted by Gasteiger charge is -2.16. The average molecular weight is 365 g/mol. The predicted molar refractivity (Wildman–Crippen MR) is 90.8 cm³/mol. The molecule has 0 amide bonds. The van der Waals surface area contributed by atoms with Crippen molar-refractivity contribution >= 4 is 10.0 Å². The van der Waals surface area contributed by atoms with Crippen LogP contribution < -0.4 is 23.7 Å². The van der Waals surface area contributed by atoms with E-state index in [1.807, 2.05) is 0 Å². The Morgan fingerprint density at radius 2 is 1.72 bits per heavy atom. The molecule has 0 saturated carbocycles. The fraction of sp³-hybridized carbons (Fsp3) is 0.294. The van der Waals surface area contributed by atoms with Gasteiger partial charge in [0.2, 0.25) is 16.8 Å². The first-order valence-electron chi connectivity index (χ1n) is 7.58. The predicted octanol–water partition coefficient (Wildman–Crippen LogP) is 2.47. The highest BCUT2D eigenvalue weighted by Gasteiger charge is 2.22. The van der Waals surface area contributed by atoms with E-state index >= 15 is 0 Å². The number of hydrogen-bond donors (Lipinski definition) is 1. The number of benzene rings is 2. The van der Waals surface area contributed by atoms with Crippen LogP contribution in [0, 0.1) is 0 Å². The normalized spacial score (nSPS) is 14.2. The number of nitrogens with one attached hydrogen (secondary N) is 1. The molecule has 0 aromatic heterocycles. The third-order valence-electron chi connectivity index (χ3n) is 3.89. The molecule has 3 rings (SSSR count). The second-order valence-electron chi connectivity index (χ2n) is 5.47. The Labute approximate surface area is 146 Å². The van der Waals surface area contributed by atoms with E-state index in [0.29, 0.717) is 23.0 Å². The first-order chi connectivity index (χ1) is 11.9. The summed E-state index contributed by atoms with van der Waals surface area (Å²) in [5.74, 6) is 2.07. The lowest BCUT2D eigenvalue weighted by molar-refractivity contribution is 0.174. The largest absolute Gasteiger partial charge is 0.493 e. The van der Waals surface area contributed by atoms with Crippen LogP contribution in [0.3, 0.4) is 0 Å². The topological polar surface area (TPSA) is 83.1 Å². The third kappa shape index (κ3) is 3.49. The van der Waals surface area contributed by atoms with Gasteiger partial charge in [0, 0.05) is 12.1 Å². The highest BCUT2D eigenvalue weighted by Crippen LogP contribution is 2.35. The van der Waals surface area contributed by atoms with Gasteiger partial charge in [-0.25, -0.2) is 13.1 Å². The highest BCUT2D eigenvalue weighted by atomic mass is 32.2. The Balaban J connectivity index is 1.83. The number of hydrogen-bond acceptors (Lipinski definition) is 6. The van der Waals surface area contributed by atoms with Crippen LogP contribution in [0.25, 0.3) is 0 Å².